The van der Waals surface area contributed by atoms with E-state index >= 15 is 0 Å². The molecule has 0 spiro atoms. The summed E-state index contributed by atoms with van der Waals surface area (Å²) in [4.78, 5) is 0. The Hall–Kier alpha value is -0.880. The fourth-order valence-electron chi connectivity index (χ4n) is 2.03. The Bertz CT molecular complexity index is 427. The van der Waals surface area contributed by atoms with Crippen LogP contribution < -0.4 is 5.32 Å². The number of nitrogens with one attached hydrogen (secondary N) is 1. The van der Waals surface area contributed by atoms with Gasteiger partial charge >= 0.3 is 0 Å². The van der Waals surface area contributed by atoms with Gasteiger partial charge in [0.25, 0.3) is 0 Å². The Morgan fingerprint density at radius 3 is 3.10 bits per heavy atom. The molecule has 0 aromatic heterocycles. The molecule has 4 nitrogen and oxygen atoms in total. The van der Waals surface area contributed by atoms with E-state index in [4.69, 9.17) is 21.1 Å². The molecule has 2 atom stereocenters. The summed E-state index contributed by atoms with van der Waals surface area (Å²) in [6.07, 6.45) is 1.51. The van der Waals surface area contributed by atoms with Crippen molar-refractivity contribution in [3.8, 4) is 0 Å². The average molecular weight is 304 g/mol. The smallest absolute Gasteiger partial charge is 0.147 e. The first-order valence-electron chi connectivity index (χ1n) is 6.71. The molecule has 1 aliphatic heterocycles. The molecule has 1 fully saturated rings. The third-order valence-corrected chi connectivity index (χ3v) is 3.33. The molecular weight excluding hydrogens is 285 g/mol. The summed E-state index contributed by atoms with van der Waals surface area (Å²) >= 11 is 5.66. The quantitative estimate of drug-likeness (QED) is 0.812. The van der Waals surface area contributed by atoms with Gasteiger partial charge in [-0.1, -0.05) is 11.6 Å². The highest BCUT2D eigenvalue weighted by molar-refractivity contribution is 6.30. The topological polar surface area (TPSA) is 50.7 Å². The summed E-state index contributed by atoms with van der Waals surface area (Å²) < 4.78 is 24.3. The van der Waals surface area contributed by atoms with Crippen LogP contribution in [-0.4, -0.2) is 43.7 Å². The first kappa shape index (κ1) is 15.5. The molecule has 0 radical (unpaired) electrons. The van der Waals surface area contributed by atoms with Gasteiger partial charge in [-0.3, -0.25) is 0 Å². The van der Waals surface area contributed by atoms with Crippen molar-refractivity contribution in [2.45, 2.75) is 25.0 Å². The molecule has 20 heavy (non-hydrogen) atoms. The van der Waals surface area contributed by atoms with Gasteiger partial charge in [-0.05, 0) is 31.0 Å². The number of hydrogen-bond donors (Lipinski definition) is 2. The first-order chi connectivity index (χ1) is 9.65. The summed E-state index contributed by atoms with van der Waals surface area (Å²) in [7, 11) is 0. The largest absolute Gasteiger partial charge is 0.389 e. The lowest BCUT2D eigenvalue weighted by Gasteiger charge is -2.15. The van der Waals surface area contributed by atoms with E-state index in [2.05, 4.69) is 5.32 Å². The molecule has 2 unspecified atom stereocenters. The van der Waals surface area contributed by atoms with Crippen LogP contribution in [0.2, 0.25) is 5.02 Å². The Morgan fingerprint density at radius 2 is 2.40 bits per heavy atom. The lowest BCUT2D eigenvalue weighted by molar-refractivity contribution is -0.0137. The standard InChI is InChI=1S/C14H19ClFNO3/c15-10-3-4-14(13(16)6-10)17-7-11(18)8-19-9-12-2-1-5-20-12/h3-4,6,11-12,17-18H,1-2,5,7-9H2. The minimum atomic E-state index is -0.702. The summed E-state index contributed by atoms with van der Waals surface area (Å²) in [5.74, 6) is -0.440. The maximum atomic E-state index is 13.5. The van der Waals surface area contributed by atoms with E-state index in [0.717, 1.165) is 19.4 Å². The SMILES string of the molecule is OC(CNc1ccc(Cl)cc1F)COCC1CCCO1. The maximum Gasteiger partial charge on any atom is 0.147 e. The molecule has 0 saturated carbocycles. The zero-order valence-electron chi connectivity index (χ0n) is 11.1. The van der Waals surface area contributed by atoms with Crippen molar-refractivity contribution in [2.24, 2.45) is 0 Å². The number of rotatable bonds is 7. The van der Waals surface area contributed by atoms with Crippen molar-refractivity contribution < 1.29 is 19.0 Å². The van der Waals surface area contributed by atoms with E-state index in [1.54, 1.807) is 6.07 Å². The van der Waals surface area contributed by atoms with Gasteiger partial charge in [0.1, 0.15) is 5.82 Å². The van der Waals surface area contributed by atoms with E-state index in [-0.39, 0.29) is 19.3 Å². The van der Waals surface area contributed by atoms with Crippen molar-refractivity contribution >= 4 is 17.3 Å². The van der Waals surface area contributed by atoms with Crippen LogP contribution in [0.1, 0.15) is 12.8 Å². The number of benzene rings is 1. The van der Waals surface area contributed by atoms with Gasteiger partial charge in [-0.25, -0.2) is 4.39 Å². The van der Waals surface area contributed by atoms with Crippen LogP contribution in [0.15, 0.2) is 18.2 Å². The molecule has 0 aliphatic carbocycles. The molecule has 6 heteroatoms. The Morgan fingerprint density at radius 1 is 1.55 bits per heavy atom. The van der Waals surface area contributed by atoms with Crippen molar-refractivity contribution in [3.63, 3.8) is 0 Å². The van der Waals surface area contributed by atoms with Gasteiger partial charge in [0.15, 0.2) is 0 Å². The number of anilines is 1. The second-order valence-corrected chi connectivity index (χ2v) is 5.27. The normalized spacial score (nSPS) is 20.1. The average Bonchev–Trinajstić information content (AvgIpc) is 2.91. The third kappa shape index (κ3) is 4.90. The predicted octanol–water partition coefficient (Wildman–Crippen LogP) is 2.45. The van der Waals surface area contributed by atoms with Gasteiger partial charge in [0, 0.05) is 18.2 Å². The molecule has 1 saturated heterocycles. The van der Waals surface area contributed by atoms with Gasteiger partial charge in [0.05, 0.1) is 31.1 Å². The van der Waals surface area contributed by atoms with Crippen LogP contribution in [0, 0.1) is 5.82 Å². The molecule has 1 aromatic carbocycles. The van der Waals surface area contributed by atoms with Crippen molar-refractivity contribution in [2.75, 3.05) is 31.7 Å². The molecule has 2 rings (SSSR count). The van der Waals surface area contributed by atoms with E-state index < -0.39 is 11.9 Å². The third-order valence-electron chi connectivity index (χ3n) is 3.10. The predicted molar refractivity (Wildman–Crippen MR) is 75.7 cm³/mol. The van der Waals surface area contributed by atoms with Crippen LogP contribution in [0.5, 0.6) is 0 Å². The molecular formula is C14H19ClFNO3. The highest BCUT2D eigenvalue weighted by Gasteiger charge is 2.16. The number of ether oxygens (including phenoxy) is 2. The van der Waals surface area contributed by atoms with Crippen LogP contribution >= 0.6 is 11.6 Å². The first-order valence-corrected chi connectivity index (χ1v) is 7.09. The molecule has 1 heterocycles. The van der Waals surface area contributed by atoms with Gasteiger partial charge < -0.3 is 19.9 Å². The van der Waals surface area contributed by atoms with Gasteiger partial charge in [-0.2, -0.15) is 0 Å². The van der Waals surface area contributed by atoms with Crippen molar-refractivity contribution in [1.29, 1.82) is 0 Å². The van der Waals surface area contributed by atoms with Crippen LogP contribution in [0.3, 0.4) is 0 Å². The fraction of sp³-hybridized carbons (Fsp3) is 0.571. The minimum Gasteiger partial charge on any atom is -0.389 e. The van der Waals surface area contributed by atoms with Crippen LogP contribution in [-0.2, 0) is 9.47 Å². The van der Waals surface area contributed by atoms with Crippen LogP contribution in [0.4, 0.5) is 10.1 Å². The zero-order valence-corrected chi connectivity index (χ0v) is 11.9. The number of aliphatic hydroxyl groups excluding tert-OH is 1. The summed E-state index contributed by atoms with van der Waals surface area (Å²) in [6, 6.07) is 4.36. The lowest BCUT2D eigenvalue weighted by atomic mass is 10.2. The number of aliphatic hydroxyl groups is 1. The number of halogens is 2. The highest BCUT2D eigenvalue weighted by atomic mass is 35.5. The van der Waals surface area contributed by atoms with Crippen molar-refractivity contribution in [1.82, 2.24) is 0 Å². The Balaban J connectivity index is 1.65. The lowest BCUT2D eigenvalue weighted by Crippen LogP contribution is -2.27. The summed E-state index contributed by atoms with van der Waals surface area (Å²) in [6.45, 7) is 1.69. The molecule has 0 bridgehead atoms. The van der Waals surface area contributed by atoms with E-state index in [1.807, 2.05) is 0 Å². The van der Waals surface area contributed by atoms with E-state index in [9.17, 15) is 9.50 Å². The Labute approximate surface area is 122 Å². The number of hydrogen-bond acceptors (Lipinski definition) is 4. The summed E-state index contributed by atoms with van der Waals surface area (Å²) in [5, 5.41) is 12.9. The molecule has 1 aromatic rings. The van der Waals surface area contributed by atoms with E-state index in [0.29, 0.717) is 17.3 Å². The van der Waals surface area contributed by atoms with Crippen molar-refractivity contribution in [3.05, 3.63) is 29.0 Å². The molecule has 2 N–H and O–H groups in total. The Kier molecular flexibility index (Phi) is 6.04. The second kappa shape index (κ2) is 7.78. The minimum absolute atomic E-state index is 0.142. The molecule has 1 aliphatic rings. The van der Waals surface area contributed by atoms with Crippen LogP contribution in [0.25, 0.3) is 0 Å². The second-order valence-electron chi connectivity index (χ2n) is 4.83. The monoisotopic (exact) mass is 303 g/mol. The maximum absolute atomic E-state index is 13.5. The summed E-state index contributed by atoms with van der Waals surface area (Å²) in [5.41, 5.74) is 0.313. The zero-order chi connectivity index (χ0) is 14.4. The van der Waals surface area contributed by atoms with Gasteiger partial charge in [0.2, 0.25) is 0 Å². The van der Waals surface area contributed by atoms with Gasteiger partial charge in [-0.15, -0.1) is 0 Å². The van der Waals surface area contributed by atoms with E-state index in [1.165, 1.54) is 12.1 Å². The fourth-order valence-corrected chi connectivity index (χ4v) is 2.19. The highest BCUT2D eigenvalue weighted by Crippen LogP contribution is 2.18. The molecule has 112 valence electrons. The molecule has 0 amide bonds.